The van der Waals surface area contributed by atoms with Gasteiger partial charge in [0.2, 0.25) is 5.91 Å². The molecule has 1 aromatic rings. The number of amides is 1. The van der Waals surface area contributed by atoms with Crippen LogP contribution in [-0.2, 0) is 11.2 Å². The van der Waals surface area contributed by atoms with Crippen molar-refractivity contribution < 1.29 is 4.79 Å². The third-order valence-corrected chi connectivity index (χ3v) is 5.79. The van der Waals surface area contributed by atoms with Crippen LogP contribution in [-0.4, -0.2) is 29.9 Å². The lowest BCUT2D eigenvalue weighted by molar-refractivity contribution is -0.128. The number of fused-ring (bicyclic) bond motifs is 1. The van der Waals surface area contributed by atoms with E-state index in [2.05, 4.69) is 22.3 Å². The SMILES string of the molecule is O=C1CC(CNC2CCCCc3ccc(Cl)cc32)CN1C1CC1. The van der Waals surface area contributed by atoms with Crippen molar-refractivity contribution in [2.45, 2.75) is 57.0 Å². The number of nitrogens with one attached hydrogen (secondary N) is 1. The van der Waals surface area contributed by atoms with Crippen molar-refractivity contribution in [1.29, 1.82) is 0 Å². The summed E-state index contributed by atoms with van der Waals surface area (Å²) in [5.74, 6) is 0.831. The highest BCUT2D eigenvalue weighted by molar-refractivity contribution is 6.30. The lowest BCUT2D eigenvalue weighted by Gasteiger charge is -2.22. The predicted octanol–water partition coefficient (Wildman–Crippen LogP) is 3.71. The fourth-order valence-corrected chi connectivity index (χ4v) is 4.32. The Morgan fingerprint density at radius 2 is 2.09 bits per heavy atom. The number of nitrogens with zero attached hydrogens (tertiary/aromatic N) is 1. The van der Waals surface area contributed by atoms with E-state index in [4.69, 9.17) is 11.6 Å². The zero-order valence-electron chi connectivity index (χ0n) is 13.6. The second-order valence-electron chi connectivity index (χ2n) is 7.40. The van der Waals surface area contributed by atoms with Gasteiger partial charge in [0.1, 0.15) is 0 Å². The summed E-state index contributed by atoms with van der Waals surface area (Å²) in [4.78, 5) is 14.2. The molecule has 1 aromatic carbocycles. The summed E-state index contributed by atoms with van der Waals surface area (Å²) in [6, 6.07) is 7.27. The number of halogens is 1. The minimum atomic E-state index is 0.364. The van der Waals surface area contributed by atoms with E-state index in [1.807, 2.05) is 6.07 Å². The topological polar surface area (TPSA) is 32.3 Å². The van der Waals surface area contributed by atoms with Crippen LogP contribution >= 0.6 is 11.6 Å². The van der Waals surface area contributed by atoms with Gasteiger partial charge >= 0.3 is 0 Å². The fourth-order valence-electron chi connectivity index (χ4n) is 4.14. The summed E-state index contributed by atoms with van der Waals surface area (Å²) in [6.45, 7) is 1.89. The Balaban J connectivity index is 1.41. The van der Waals surface area contributed by atoms with Crippen molar-refractivity contribution in [3.63, 3.8) is 0 Å². The molecule has 4 heteroatoms. The zero-order valence-corrected chi connectivity index (χ0v) is 14.3. The van der Waals surface area contributed by atoms with E-state index >= 15 is 0 Å². The van der Waals surface area contributed by atoms with E-state index in [-0.39, 0.29) is 0 Å². The van der Waals surface area contributed by atoms with Gasteiger partial charge in [0, 0.05) is 36.6 Å². The molecule has 2 aliphatic carbocycles. The first-order chi connectivity index (χ1) is 11.2. The molecule has 124 valence electrons. The van der Waals surface area contributed by atoms with Crippen LogP contribution in [0.3, 0.4) is 0 Å². The highest BCUT2D eigenvalue weighted by Gasteiger charge is 2.39. The summed E-state index contributed by atoms with van der Waals surface area (Å²) >= 11 is 6.22. The van der Waals surface area contributed by atoms with Crippen molar-refractivity contribution in [2.75, 3.05) is 13.1 Å². The Morgan fingerprint density at radius 1 is 1.22 bits per heavy atom. The lowest BCUT2D eigenvalue weighted by Crippen LogP contribution is -2.31. The first kappa shape index (κ1) is 15.5. The summed E-state index contributed by atoms with van der Waals surface area (Å²) in [5.41, 5.74) is 2.81. The van der Waals surface area contributed by atoms with Gasteiger partial charge < -0.3 is 10.2 Å². The molecule has 3 aliphatic rings. The molecule has 2 atom stereocenters. The molecule has 1 saturated heterocycles. The van der Waals surface area contributed by atoms with E-state index < -0.39 is 0 Å². The van der Waals surface area contributed by atoms with Gasteiger partial charge in [-0.15, -0.1) is 0 Å². The average molecular weight is 333 g/mol. The van der Waals surface area contributed by atoms with Gasteiger partial charge in [-0.05, 0) is 61.3 Å². The zero-order chi connectivity index (χ0) is 15.8. The average Bonchev–Trinajstić information content (AvgIpc) is 3.33. The molecule has 1 saturated carbocycles. The normalized spacial score (nSPS) is 27.9. The lowest BCUT2D eigenvalue weighted by atomic mass is 9.98. The molecule has 1 N–H and O–H groups in total. The maximum absolute atomic E-state index is 12.1. The maximum Gasteiger partial charge on any atom is 0.223 e. The Bertz CT molecular complexity index is 599. The van der Waals surface area contributed by atoms with Crippen LogP contribution in [0.1, 0.15) is 55.7 Å². The Kier molecular flexibility index (Phi) is 4.33. The van der Waals surface area contributed by atoms with Gasteiger partial charge in [0.25, 0.3) is 0 Å². The van der Waals surface area contributed by atoms with Crippen LogP contribution in [0.25, 0.3) is 0 Å². The molecule has 4 rings (SSSR count). The summed E-state index contributed by atoms with van der Waals surface area (Å²) < 4.78 is 0. The van der Waals surface area contributed by atoms with Crippen molar-refractivity contribution >= 4 is 17.5 Å². The van der Waals surface area contributed by atoms with Gasteiger partial charge in [-0.3, -0.25) is 4.79 Å². The number of hydrogen-bond donors (Lipinski definition) is 1. The third-order valence-electron chi connectivity index (χ3n) is 5.55. The molecule has 0 bridgehead atoms. The maximum atomic E-state index is 12.1. The minimum absolute atomic E-state index is 0.364. The molecule has 0 aromatic heterocycles. The number of carbonyl (C=O) groups excluding carboxylic acids is 1. The second kappa shape index (κ2) is 6.45. The molecular formula is C19H25ClN2O. The molecule has 0 radical (unpaired) electrons. The van der Waals surface area contributed by atoms with Gasteiger partial charge in [0.05, 0.1) is 0 Å². The first-order valence-corrected chi connectivity index (χ1v) is 9.39. The quantitative estimate of drug-likeness (QED) is 0.852. The van der Waals surface area contributed by atoms with E-state index in [0.29, 0.717) is 23.9 Å². The Labute approximate surface area is 143 Å². The number of likely N-dealkylation sites (tertiary alicyclic amines) is 1. The highest BCUT2D eigenvalue weighted by Crippen LogP contribution is 2.34. The summed E-state index contributed by atoms with van der Waals surface area (Å²) in [7, 11) is 0. The Morgan fingerprint density at radius 3 is 2.91 bits per heavy atom. The van der Waals surface area contributed by atoms with Crippen LogP contribution in [0.4, 0.5) is 0 Å². The number of benzene rings is 1. The van der Waals surface area contributed by atoms with E-state index in [1.54, 1.807) is 0 Å². The molecule has 23 heavy (non-hydrogen) atoms. The molecule has 0 spiro atoms. The van der Waals surface area contributed by atoms with Gasteiger partial charge in [0.15, 0.2) is 0 Å². The van der Waals surface area contributed by atoms with Crippen LogP contribution < -0.4 is 5.32 Å². The largest absolute Gasteiger partial charge is 0.339 e. The Hall–Kier alpha value is -1.06. The van der Waals surface area contributed by atoms with Crippen molar-refractivity contribution in [3.05, 3.63) is 34.3 Å². The molecule has 1 aliphatic heterocycles. The second-order valence-corrected chi connectivity index (χ2v) is 7.83. The van der Waals surface area contributed by atoms with Gasteiger partial charge in [-0.2, -0.15) is 0 Å². The van der Waals surface area contributed by atoms with Crippen LogP contribution in [0.5, 0.6) is 0 Å². The number of hydrogen-bond acceptors (Lipinski definition) is 2. The number of rotatable bonds is 4. The fraction of sp³-hybridized carbons (Fsp3) is 0.632. The van der Waals surface area contributed by atoms with Crippen LogP contribution in [0, 0.1) is 5.92 Å². The summed E-state index contributed by atoms with van der Waals surface area (Å²) in [6.07, 6.45) is 7.97. The highest BCUT2D eigenvalue weighted by atomic mass is 35.5. The van der Waals surface area contributed by atoms with Crippen LogP contribution in [0.2, 0.25) is 5.02 Å². The molecule has 2 fully saturated rings. The van der Waals surface area contributed by atoms with Crippen molar-refractivity contribution in [3.8, 4) is 0 Å². The predicted molar refractivity (Wildman–Crippen MR) is 92.6 cm³/mol. The monoisotopic (exact) mass is 332 g/mol. The molecule has 3 nitrogen and oxygen atoms in total. The number of aryl methyl sites for hydroxylation is 1. The van der Waals surface area contributed by atoms with E-state index in [0.717, 1.165) is 31.0 Å². The van der Waals surface area contributed by atoms with Crippen molar-refractivity contribution in [1.82, 2.24) is 10.2 Å². The van der Waals surface area contributed by atoms with Crippen LogP contribution in [0.15, 0.2) is 18.2 Å². The minimum Gasteiger partial charge on any atom is -0.339 e. The molecular weight excluding hydrogens is 308 g/mol. The standard InChI is InChI=1S/C19H25ClN2O/c20-15-6-5-14-3-1-2-4-18(17(14)10-15)21-11-13-9-19(23)22(12-13)16-7-8-16/h5-6,10,13,16,18,21H,1-4,7-9,11-12H2. The van der Waals surface area contributed by atoms with Gasteiger partial charge in [-0.1, -0.05) is 24.1 Å². The van der Waals surface area contributed by atoms with Crippen molar-refractivity contribution in [2.24, 2.45) is 5.92 Å². The smallest absolute Gasteiger partial charge is 0.223 e. The van der Waals surface area contributed by atoms with Gasteiger partial charge in [-0.25, -0.2) is 0 Å². The number of carbonyl (C=O) groups is 1. The molecule has 1 heterocycles. The van der Waals surface area contributed by atoms with E-state index in [1.165, 1.54) is 43.2 Å². The molecule has 2 unspecified atom stereocenters. The third kappa shape index (κ3) is 3.41. The molecule has 1 amide bonds. The summed E-state index contributed by atoms with van der Waals surface area (Å²) in [5, 5.41) is 4.58. The van der Waals surface area contributed by atoms with E-state index in [9.17, 15) is 4.79 Å². The first-order valence-electron chi connectivity index (χ1n) is 9.02.